The normalized spacial score (nSPS) is 18.9. The molecule has 0 aliphatic carbocycles. The van der Waals surface area contributed by atoms with Crippen LogP contribution in [0.1, 0.15) is 36.0 Å². The van der Waals surface area contributed by atoms with Crippen LogP contribution in [0.4, 0.5) is 4.39 Å². The lowest BCUT2D eigenvalue weighted by molar-refractivity contribution is 0.0856. The molecule has 1 unspecified atom stereocenters. The van der Waals surface area contributed by atoms with E-state index >= 15 is 0 Å². The number of benzene rings is 1. The Balaban J connectivity index is 1.99. The van der Waals surface area contributed by atoms with E-state index in [9.17, 15) is 9.18 Å². The summed E-state index contributed by atoms with van der Waals surface area (Å²) >= 11 is 0. The number of Topliss-reactive ketones (excluding diaryl/α,β-unsaturated/α-hetero) is 1. The van der Waals surface area contributed by atoms with Crippen LogP contribution in [-0.4, -0.2) is 25.6 Å². The van der Waals surface area contributed by atoms with Gasteiger partial charge in [-0.05, 0) is 31.4 Å². The summed E-state index contributed by atoms with van der Waals surface area (Å²) in [7, 11) is 1.39. The summed E-state index contributed by atoms with van der Waals surface area (Å²) < 4.78 is 24.2. The standard InChI is InChI=1S/C14H17FO3/c1-17-13-6-2-5-11(14(13)15)12(16)8-7-10-4-3-9-18-10/h2,5-6,10H,3-4,7-9H2,1H3. The average Bonchev–Trinajstić information content (AvgIpc) is 2.89. The lowest BCUT2D eigenvalue weighted by Gasteiger charge is -2.09. The third-order valence-corrected chi connectivity index (χ3v) is 3.20. The van der Waals surface area contributed by atoms with E-state index in [1.165, 1.54) is 19.2 Å². The molecule has 0 bridgehead atoms. The molecule has 4 heteroatoms. The maximum Gasteiger partial charge on any atom is 0.175 e. The summed E-state index contributed by atoms with van der Waals surface area (Å²) in [6.45, 7) is 0.770. The number of halogens is 1. The van der Waals surface area contributed by atoms with Gasteiger partial charge in [-0.15, -0.1) is 0 Å². The third-order valence-electron chi connectivity index (χ3n) is 3.20. The van der Waals surface area contributed by atoms with Gasteiger partial charge in [0.1, 0.15) is 0 Å². The van der Waals surface area contributed by atoms with E-state index in [1.807, 2.05) is 0 Å². The fraction of sp³-hybridized carbons (Fsp3) is 0.500. The SMILES string of the molecule is COc1cccc(C(=O)CCC2CCCO2)c1F. The van der Waals surface area contributed by atoms with Gasteiger partial charge < -0.3 is 9.47 Å². The van der Waals surface area contributed by atoms with Crippen LogP contribution in [0.5, 0.6) is 5.75 Å². The van der Waals surface area contributed by atoms with Crippen molar-refractivity contribution >= 4 is 5.78 Å². The van der Waals surface area contributed by atoms with Crippen molar-refractivity contribution in [3.05, 3.63) is 29.6 Å². The lowest BCUT2D eigenvalue weighted by Crippen LogP contribution is -2.10. The molecule has 1 atom stereocenters. The summed E-state index contributed by atoms with van der Waals surface area (Å²) in [6.07, 6.45) is 3.17. The topological polar surface area (TPSA) is 35.5 Å². The molecule has 1 aliphatic heterocycles. The van der Waals surface area contributed by atoms with Crippen molar-refractivity contribution < 1.29 is 18.7 Å². The fourth-order valence-electron chi connectivity index (χ4n) is 2.18. The number of ketones is 1. The van der Waals surface area contributed by atoms with Crippen molar-refractivity contribution in [1.29, 1.82) is 0 Å². The quantitative estimate of drug-likeness (QED) is 0.756. The molecular weight excluding hydrogens is 235 g/mol. The highest BCUT2D eigenvalue weighted by molar-refractivity contribution is 5.96. The minimum absolute atomic E-state index is 0.104. The van der Waals surface area contributed by atoms with Crippen LogP contribution in [0.25, 0.3) is 0 Å². The van der Waals surface area contributed by atoms with E-state index in [2.05, 4.69) is 0 Å². The molecule has 18 heavy (non-hydrogen) atoms. The Hall–Kier alpha value is -1.42. The summed E-state index contributed by atoms with van der Waals surface area (Å²) in [5.74, 6) is -0.655. The Kier molecular flexibility index (Phi) is 4.31. The van der Waals surface area contributed by atoms with Crippen molar-refractivity contribution in [3.63, 3.8) is 0 Å². The number of methoxy groups -OCH3 is 1. The molecule has 98 valence electrons. The zero-order valence-corrected chi connectivity index (χ0v) is 10.4. The Bertz CT molecular complexity index is 425. The van der Waals surface area contributed by atoms with E-state index in [4.69, 9.17) is 9.47 Å². The molecule has 0 saturated carbocycles. The summed E-state index contributed by atoms with van der Waals surface area (Å²) in [5, 5.41) is 0. The minimum atomic E-state index is -0.572. The number of hydrogen-bond acceptors (Lipinski definition) is 3. The predicted molar refractivity (Wildman–Crippen MR) is 65.5 cm³/mol. The summed E-state index contributed by atoms with van der Waals surface area (Å²) in [4.78, 5) is 11.9. The third kappa shape index (κ3) is 2.88. The van der Waals surface area contributed by atoms with Gasteiger partial charge in [0.2, 0.25) is 0 Å². The maximum atomic E-state index is 13.8. The van der Waals surface area contributed by atoms with Gasteiger partial charge in [0.15, 0.2) is 17.3 Å². The predicted octanol–water partition coefficient (Wildman–Crippen LogP) is 2.98. The van der Waals surface area contributed by atoms with E-state index in [0.717, 1.165) is 19.4 Å². The second kappa shape index (κ2) is 5.96. The highest BCUT2D eigenvalue weighted by Gasteiger charge is 2.19. The molecule has 1 fully saturated rings. The van der Waals surface area contributed by atoms with Gasteiger partial charge in [-0.25, -0.2) is 4.39 Å². The number of carbonyl (C=O) groups is 1. The summed E-state index contributed by atoms with van der Waals surface area (Å²) in [6, 6.07) is 4.63. The zero-order valence-electron chi connectivity index (χ0n) is 10.4. The second-order valence-corrected chi connectivity index (χ2v) is 4.42. The van der Waals surface area contributed by atoms with Crippen molar-refractivity contribution in [3.8, 4) is 5.75 Å². The second-order valence-electron chi connectivity index (χ2n) is 4.42. The molecule has 0 spiro atoms. The monoisotopic (exact) mass is 252 g/mol. The lowest BCUT2D eigenvalue weighted by atomic mass is 10.0. The number of hydrogen-bond donors (Lipinski definition) is 0. The number of carbonyl (C=O) groups excluding carboxylic acids is 1. The Morgan fingerprint density at radius 2 is 2.39 bits per heavy atom. The van der Waals surface area contributed by atoms with Gasteiger partial charge in [0, 0.05) is 13.0 Å². The first-order valence-electron chi connectivity index (χ1n) is 6.19. The molecule has 0 N–H and O–H groups in total. The first-order valence-corrected chi connectivity index (χ1v) is 6.19. The highest BCUT2D eigenvalue weighted by Crippen LogP contribution is 2.23. The van der Waals surface area contributed by atoms with E-state index in [-0.39, 0.29) is 23.2 Å². The van der Waals surface area contributed by atoms with Crippen LogP contribution in [0, 0.1) is 5.82 Å². The molecule has 1 saturated heterocycles. The Labute approximate surface area is 106 Å². The summed E-state index contributed by atoms with van der Waals surface area (Å²) in [5.41, 5.74) is 0.104. The van der Waals surface area contributed by atoms with Gasteiger partial charge in [0.05, 0.1) is 18.8 Å². The Morgan fingerprint density at radius 1 is 1.56 bits per heavy atom. The van der Waals surface area contributed by atoms with Crippen LogP contribution in [-0.2, 0) is 4.74 Å². The molecule has 0 amide bonds. The molecule has 1 aromatic carbocycles. The smallest absolute Gasteiger partial charge is 0.175 e. The molecule has 3 nitrogen and oxygen atoms in total. The molecule has 1 aliphatic rings. The van der Waals surface area contributed by atoms with Gasteiger partial charge in [0.25, 0.3) is 0 Å². The van der Waals surface area contributed by atoms with Crippen LogP contribution in [0.2, 0.25) is 0 Å². The number of rotatable bonds is 5. The first-order chi connectivity index (χ1) is 8.72. The molecule has 2 rings (SSSR count). The van der Waals surface area contributed by atoms with Crippen molar-refractivity contribution in [2.45, 2.75) is 31.8 Å². The van der Waals surface area contributed by atoms with Crippen LogP contribution < -0.4 is 4.74 Å². The molecule has 1 heterocycles. The van der Waals surface area contributed by atoms with Crippen molar-refractivity contribution in [2.75, 3.05) is 13.7 Å². The van der Waals surface area contributed by atoms with E-state index < -0.39 is 5.82 Å². The van der Waals surface area contributed by atoms with Gasteiger partial charge in [-0.1, -0.05) is 6.07 Å². The maximum absolute atomic E-state index is 13.8. The largest absolute Gasteiger partial charge is 0.494 e. The van der Waals surface area contributed by atoms with Gasteiger partial charge >= 0.3 is 0 Å². The molecule has 1 aromatic rings. The van der Waals surface area contributed by atoms with Gasteiger partial charge in [-0.3, -0.25) is 4.79 Å². The highest BCUT2D eigenvalue weighted by atomic mass is 19.1. The Morgan fingerprint density at radius 3 is 3.06 bits per heavy atom. The van der Waals surface area contributed by atoms with E-state index in [1.54, 1.807) is 6.07 Å². The molecular formula is C14H17FO3. The molecule has 0 radical (unpaired) electrons. The average molecular weight is 252 g/mol. The van der Waals surface area contributed by atoms with Crippen molar-refractivity contribution in [1.82, 2.24) is 0 Å². The van der Waals surface area contributed by atoms with Crippen LogP contribution in [0.3, 0.4) is 0 Å². The zero-order chi connectivity index (χ0) is 13.0. The number of ether oxygens (including phenoxy) is 2. The minimum Gasteiger partial charge on any atom is -0.494 e. The van der Waals surface area contributed by atoms with Crippen LogP contribution >= 0.6 is 0 Å². The molecule has 0 aromatic heterocycles. The fourth-order valence-corrected chi connectivity index (χ4v) is 2.18. The first kappa shape index (κ1) is 13.0. The van der Waals surface area contributed by atoms with Crippen molar-refractivity contribution in [2.24, 2.45) is 0 Å². The van der Waals surface area contributed by atoms with E-state index in [0.29, 0.717) is 12.8 Å². The van der Waals surface area contributed by atoms with Gasteiger partial charge in [-0.2, -0.15) is 0 Å². The van der Waals surface area contributed by atoms with Crippen LogP contribution in [0.15, 0.2) is 18.2 Å².